The van der Waals surface area contributed by atoms with Crippen LogP contribution in [0.1, 0.15) is 11.1 Å². The molecule has 0 fully saturated rings. The molecule has 0 spiro atoms. The Morgan fingerprint density at radius 2 is 1.94 bits per heavy atom. The molecule has 0 bridgehead atoms. The largest absolute Gasteiger partial charge is 0.487 e. The quantitative estimate of drug-likeness (QED) is 0.815. The maximum Gasteiger partial charge on any atom is 0.142 e. The van der Waals surface area contributed by atoms with Crippen molar-refractivity contribution >= 4 is 5.69 Å². The van der Waals surface area contributed by atoms with E-state index in [-0.39, 0.29) is 0 Å². The van der Waals surface area contributed by atoms with E-state index in [9.17, 15) is 0 Å². The van der Waals surface area contributed by atoms with Gasteiger partial charge in [-0.25, -0.2) is 0 Å². The van der Waals surface area contributed by atoms with Crippen LogP contribution in [0.2, 0.25) is 0 Å². The van der Waals surface area contributed by atoms with Crippen LogP contribution in [0, 0.1) is 11.3 Å². The van der Waals surface area contributed by atoms with Gasteiger partial charge in [-0.3, -0.25) is 0 Å². The van der Waals surface area contributed by atoms with Gasteiger partial charge in [-0.1, -0.05) is 24.3 Å². The molecule has 0 aliphatic rings. The Labute approximate surface area is 100 Å². The summed E-state index contributed by atoms with van der Waals surface area (Å²) >= 11 is 0. The second-order valence-corrected chi connectivity index (χ2v) is 3.64. The molecule has 0 atom stereocenters. The van der Waals surface area contributed by atoms with Crippen LogP contribution in [0.4, 0.5) is 5.69 Å². The smallest absolute Gasteiger partial charge is 0.142 e. The van der Waals surface area contributed by atoms with E-state index in [1.165, 1.54) is 0 Å². The molecule has 0 saturated carbocycles. The number of ether oxygens (including phenoxy) is 1. The van der Waals surface area contributed by atoms with Crippen molar-refractivity contribution in [2.75, 3.05) is 5.73 Å². The zero-order chi connectivity index (χ0) is 12.1. The monoisotopic (exact) mass is 224 g/mol. The number of para-hydroxylation sites is 2. The first-order valence-electron chi connectivity index (χ1n) is 5.26. The summed E-state index contributed by atoms with van der Waals surface area (Å²) < 4.78 is 5.59. The Kier molecular flexibility index (Phi) is 3.27. The van der Waals surface area contributed by atoms with E-state index in [0.29, 0.717) is 23.6 Å². The molecule has 2 aromatic carbocycles. The molecule has 0 aromatic heterocycles. The van der Waals surface area contributed by atoms with E-state index < -0.39 is 0 Å². The van der Waals surface area contributed by atoms with E-state index in [1.54, 1.807) is 18.2 Å². The van der Waals surface area contributed by atoms with Crippen LogP contribution in [0.25, 0.3) is 0 Å². The van der Waals surface area contributed by atoms with Gasteiger partial charge in [0.2, 0.25) is 0 Å². The lowest BCUT2D eigenvalue weighted by Crippen LogP contribution is -1.98. The average molecular weight is 224 g/mol. The molecular formula is C14H12N2O. The molecule has 0 unspecified atom stereocenters. The minimum absolute atomic E-state index is 0.406. The molecule has 0 aliphatic heterocycles. The van der Waals surface area contributed by atoms with E-state index in [4.69, 9.17) is 15.7 Å². The summed E-state index contributed by atoms with van der Waals surface area (Å²) in [5, 5.41) is 8.78. The van der Waals surface area contributed by atoms with E-state index >= 15 is 0 Å². The summed E-state index contributed by atoms with van der Waals surface area (Å²) in [4.78, 5) is 0. The average Bonchev–Trinajstić information content (AvgIpc) is 2.38. The molecule has 0 amide bonds. The molecule has 3 heteroatoms. The number of nitrogens with two attached hydrogens (primary N) is 1. The van der Waals surface area contributed by atoms with Crippen LogP contribution >= 0.6 is 0 Å². The minimum atomic E-state index is 0.406. The van der Waals surface area contributed by atoms with Crippen molar-refractivity contribution in [3.8, 4) is 11.8 Å². The molecular weight excluding hydrogens is 212 g/mol. The van der Waals surface area contributed by atoms with Gasteiger partial charge < -0.3 is 10.5 Å². The molecule has 0 heterocycles. The fourth-order valence-corrected chi connectivity index (χ4v) is 1.50. The van der Waals surface area contributed by atoms with Gasteiger partial charge in [0.05, 0.1) is 17.3 Å². The summed E-state index contributed by atoms with van der Waals surface area (Å²) in [5.74, 6) is 0.662. The van der Waals surface area contributed by atoms with Crippen molar-refractivity contribution in [1.29, 1.82) is 5.26 Å². The number of nitrogen functional groups attached to an aromatic ring is 1. The number of hydrogen-bond donors (Lipinski definition) is 1. The molecule has 17 heavy (non-hydrogen) atoms. The maximum absolute atomic E-state index is 8.78. The second-order valence-electron chi connectivity index (χ2n) is 3.64. The summed E-state index contributed by atoms with van der Waals surface area (Å²) in [6.45, 7) is 0.406. The number of anilines is 1. The summed E-state index contributed by atoms with van der Waals surface area (Å²) in [7, 11) is 0. The Balaban J connectivity index is 2.08. The van der Waals surface area contributed by atoms with Gasteiger partial charge in [-0.2, -0.15) is 5.26 Å². The predicted molar refractivity (Wildman–Crippen MR) is 66.3 cm³/mol. The fourth-order valence-electron chi connectivity index (χ4n) is 1.50. The molecule has 0 aliphatic carbocycles. The first kappa shape index (κ1) is 11.0. The summed E-state index contributed by atoms with van der Waals surface area (Å²) in [6.07, 6.45) is 0. The molecule has 3 nitrogen and oxygen atoms in total. The number of rotatable bonds is 3. The van der Waals surface area contributed by atoms with Gasteiger partial charge in [0.15, 0.2) is 0 Å². The van der Waals surface area contributed by atoms with Gasteiger partial charge in [-0.05, 0) is 29.8 Å². The lowest BCUT2D eigenvalue weighted by molar-refractivity contribution is 0.308. The third kappa shape index (κ3) is 2.76. The Hall–Kier alpha value is -2.47. The van der Waals surface area contributed by atoms with Crippen LogP contribution in [0.5, 0.6) is 5.75 Å². The first-order chi connectivity index (χ1) is 8.29. The van der Waals surface area contributed by atoms with Crippen LogP contribution in [-0.4, -0.2) is 0 Å². The van der Waals surface area contributed by atoms with Gasteiger partial charge in [0.25, 0.3) is 0 Å². The van der Waals surface area contributed by atoms with Gasteiger partial charge in [-0.15, -0.1) is 0 Å². The molecule has 0 saturated heterocycles. The van der Waals surface area contributed by atoms with Crippen molar-refractivity contribution in [3.63, 3.8) is 0 Å². The van der Waals surface area contributed by atoms with Crippen LogP contribution < -0.4 is 10.5 Å². The number of hydrogen-bond acceptors (Lipinski definition) is 3. The third-order valence-corrected chi connectivity index (χ3v) is 2.37. The van der Waals surface area contributed by atoms with E-state index in [2.05, 4.69) is 6.07 Å². The number of benzene rings is 2. The van der Waals surface area contributed by atoms with Gasteiger partial charge in [0, 0.05) is 0 Å². The SMILES string of the molecule is N#Cc1cccc(COc2ccccc2N)c1. The van der Waals surface area contributed by atoms with Gasteiger partial charge in [0.1, 0.15) is 12.4 Å². The van der Waals surface area contributed by atoms with E-state index in [1.807, 2.05) is 30.3 Å². The highest BCUT2D eigenvalue weighted by Crippen LogP contribution is 2.21. The molecule has 84 valence electrons. The zero-order valence-electron chi connectivity index (χ0n) is 9.26. The van der Waals surface area contributed by atoms with Crippen molar-refractivity contribution in [3.05, 3.63) is 59.7 Å². The third-order valence-electron chi connectivity index (χ3n) is 2.37. The predicted octanol–water partition coefficient (Wildman–Crippen LogP) is 2.72. The van der Waals surface area contributed by atoms with Gasteiger partial charge >= 0.3 is 0 Å². The highest BCUT2D eigenvalue weighted by molar-refractivity contribution is 5.51. The van der Waals surface area contributed by atoms with Crippen LogP contribution in [0.3, 0.4) is 0 Å². The second kappa shape index (κ2) is 5.04. The van der Waals surface area contributed by atoms with Crippen molar-refractivity contribution < 1.29 is 4.74 Å². The maximum atomic E-state index is 8.78. The lowest BCUT2D eigenvalue weighted by Gasteiger charge is -2.08. The first-order valence-corrected chi connectivity index (χ1v) is 5.26. The Morgan fingerprint density at radius 1 is 1.12 bits per heavy atom. The lowest BCUT2D eigenvalue weighted by atomic mass is 10.1. The Morgan fingerprint density at radius 3 is 2.71 bits per heavy atom. The normalized spacial score (nSPS) is 9.59. The van der Waals surface area contributed by atoms with Crippen molar-refractivity contribution in [2.24, 2.45) is 0 Å². The fraction of sp³-hybridized carbons (Fsp3) is 0.0714. The topological polar surface area (TPSA) is 59.0 Å². The molecule has 2 N–H and O–H groups in total. The summed E-state index contributed by atoms with van der Waals surface area (Å²) in [5.41, 5.74) is 7.96. The van der Waals surface area contributed by atoms with Crippen molar-refractivity contribution in [2.45, 2.75) is 6.61 Å². The standard InChI is InChI=1S/C14H12N2O/c15-9-11-4-3-5-12(8-11)10-17-14-7-2-1-6-13(14)16/h1-8H,10,16H2. The number of nitrogens with zero attached hydrogens (tertiary/aromatic N) is 1. The highest BCUT2D eigenvalue weighted by atomic mass is 16.5. The molecule has 2 rings (SSSR count). The Bertz CT molecular complexity index is 558. The van der Waals surface area contributed by atoms with Crippen LogP contribution in [-0.2, 0) is 6.61 Å². The van der Waals surface area contributed by atoms with Crippen LogP contribution in [0.15, 0.2) is 48.5 Å². The highest BCUT2D eigenvalue weighted by Gasteiger charge is 2.00. The minimum Gasteiger partial charge on any atom is -0.487 e. The van der Waals surface area contributed by atoms with E-state index in [0.717, 1.165) is 5.56 Å². The zero-order valence-corrected chi connectivity index (χ0v) is 9.26. The summed E-state index contributed by atoms with van der Waals surface area (Å²) in [6, 6.07) is 16.8. The molecule has 2 aromatic rings. The van der Waals surface area contributed by atoms with Crippen molar-refractivity contribution in [1.82, 2.24) is 0 Å². The molecule has 0 radical (unpaired) electrons. The number of nitriles is 1.